The molecule has 1 fully saturated rings. The molecule has 2 rings (SSSR count). The van der Waals surface area contributed by atoms with Gasteiger partial charge in [0.1, 0.15) is 0 Å². The molecule has 2 N–H and O–H groups in total. The van der Waals surface area contributed by atoms with Crippen LogP contribution in [0.5, 0.6) is 0 Å². The Balaban J connectivity index is 1.78. The monoisotopic (exact) mass is 429 g/mol. The fourth-order valence-electron chi connectivity index (χ4n) is 2.74. The quantitative estimate of drug-likeness (QED) is 0.653. The molecule has 1 aromatic rings. The molecule has 0 aromatic carbocycles. The first-order valence-corrected chi connectivity index (χ1v) is 10.2. The second-order valence-corrected chi connectivity index (χ2v) is 8.57. The third-order valence-electron chi connectivity index (χ3n) is 4.17. The van der Waals surface area contributed by atoms with Crippen LogP contribution in [0.2, 0.25) is 0 Å². The Morgan fingerprint density at radius 1 is 1.32 bits per heavy atom. The first-order chi connectivity index (χ1) is 12.0. The number of nitrogens with one attached hydrogen (secondary N) is 2. The second kappa shape index (κ2) is 9.91. The van der Waals surface area contributed by atoms with E-state index in [1.807, 2.05) is 0 Å². The van der Waals surface area contributed by atoms with Crippen LogP contribution in [-0.2, 0) is 9.59 Å². The van der Waals surface area contributed by atoms with Crippen LogP contribution in [0.4, 0.5) is 0 Å². The van der Waals surface area contributed by atoms with Crippen molar-refractivity contribution in [3.05, 3.63) is 20.8 Å². The number of thiophene rings is 1. The van der Waals surface area contributed by atoms with Gasteiger partial charge in [0.15, 0.2) is 0 Å². The van der Waals surface area contributed by atoms with Crippen molar-refractivity contribution in [1.82, 2.24) is 15.5 Å². The molecule has 0 bridgehead atoms. The van der Waals surface area contributed by atoms with Crippen LogP contribution >= 0.6 is 27.3 Å². The van der Waals surface area contributed by atoms with Crippen molar-refractivity contribution in [1.29, 1.82) is 0 Å². The van der Waals surface area contributed by atoms with Crippen LogP contribution in [0.1, 0.15) is 42.3 Å². The summed E-state index contributed by atoms with van der Waals surface area (Å²) in [5.74, 6) is -0.526. The molecular formula is C17H24BrN3O3S. The molecule has 6 nitrogen and oxygen atoms in total. The maximum atomic E-state index is 12.3. The van der Waals surface area contributed by atoms with Gasteiger partial charge in [0.2, 0.25) is 11.8 Å². The van der Waals surface area contributed by atoms with Crippen LogP contribution in [-0.4, -0.2) is 48.8 Å². The molecule has 0 saturated carbocycles. The van der Waals surface area contributed by atoms with Crippen molar-refractivity contribution >= 4 is 45.0 Å². The van der Waals surface area contributed by atoms with Gasteiger partial charge in [0, 0.05) is 19.6 Å². The number of unbranched alkanes of at least 4 members (excludes halogenated alkanes) is 1. The molecule has 25 heavy (non-hydrogen) atoms. The highest BCUT2D eigenvalue weighted by Crippen LogP contribution is 2.22. The zero-order valence-electron chi connectivity index (χ0n) is 14.3. The summed E-state index contributed by atoms with van der Waals surface area (Å²) in [7, 11) is 0. The minimum absolute atomic E-state index is 0.0263. The van der Waals surface area contributed by atoms with Gasteiger partial charge in [-0.1, -0.05) is 13.3 Å². The van der Waals surface area contributed by atoms with Gasteiger partial charge in [-0.15, -0.1) is 11.3 Å². The van der Waals surface area contributed by atoms with Gasteiger partial charge in [-0.3, -0.25) is 14.4 Å². The van der Waals surface area contributed by atoms with E-state index in [-0.39, 0.29) is 30.2 Å². The maximum absolute atomic E-state index is 12.3. The molecule has 3 amide bonds. The standard InChI is InChI=1S/C17H24BrN3O3S/c1-2-3-8-19-16(23)12-5-4-9-21(11-12)15(22)10-20-17(24)13-6-7-14(18)25-13/h6-7,12H,2-5,8-11H2,1H3,(H,19,23)(H,20,24). The van der Waals surface area contributed by atoms with Crippen LogP contribution in [0.3, 0.4) is 0 Å². The molecule has 1 aliphatic heterocycles. The van der Waals surface area contributed by atoms with Gasteiger partial charge in [0.05, 0.1) is 21.1 Å². The summed E-state index contributed by atoms with van der Waals surface area (Å²) in [5, 5.41) is 5.59. The minimum Gasteiger partial charge on any atom is -0.356 e. The van der Waals surface area contributed by atoms with Gasteiger partial charge in [-0.25, -0.2) is 0 Å². The molecule has 1 unspecified atom stereocenters. The number of hydrogen-bond donors (Lipinski definition) is 2. The van der Waals surface area contributed by atoms with Crippen molar-refractivity contribution in [3.8, 4) is 0 Å². The summed E-state index contributed by atoms with van der Waals surface area (Å²) in [6.45, 7) is 3.79. The number of rotatable bonds is 7. The maximum Gasteiger partial charge on any atom is 0.261 e. The number of hydrogen-bond acceptors (Lipinski definition) is 4. The fraction of sp³-hybridized carbons (Fsp3) is 0.588. The van der Waals surface area contributed by atoms with E-state index in [1.165, 1.54) is 11.3 Å². The molecule has 2 heterocycles. The highest BCUT2D eigenvalue weighted by Gasteiger charge is 2.28. The predicted molar refractivity (Wildman–Crippen MR) is 102 cm³/mol. The summed E-state index contributed by atoms with van der Waals surface area (Å²) < 4.78 is 0.872. The third kappa shape index (κ3) is 6.11. The van der Waals surface area contributed by atoms with E-state index in [0.717, 1.165) is 29.5 Å². The van der Waals surface area contributed by atoms with E-state index in [9.17, 15) is 14.4 Å². The molecule has 1 aromatic heterocycles. The Kier molecular flexibility index (Phi) is 7.90. The van der Waals surface area contributed by atoms with E-state index < -0.39 is 0 Å². The first kappa shape index (κ1) is 19.9. The average Bonchev–Trinajstić information content (AvgIpc) is 3.06. The Labute approximate surface area is 160 Å². The Bertz CT molecular complexity index is 620. The normalized spacial score (nSPS) is 17.2. The lowest BCUT2D eigenvalue weighted by Gasteiger charge is -2.32. The summed E-state index contributed by atoms with van der Waals surface area (Å²) >= 11 is 4.63. The van der Waals surface area contributed by atoms with Crippen LogP contribution < -0.4 is 10.6 Å². The molecule has 0 radical (unpaired) electrons. The van der Waals surface area contributed by atoms with Crippen molar-refractivity contribution in [2.24, 2.45) is 5.92 Å². The zero-order chi connectivity index (χ0) is 18.2. The Morgan fingerprint density at radius 2 is 2.12 bits per heavy atom. The van der Waals surface area contributed by atoms with Crippen LogP contribution in [0, 0.1) is 5.92 Å². The number of carbonyl (C=O) groups is 3. The number of halogens is 1. The summed E-state index contributed by atoms with van der Waals surface area (Å²) in [4.78, 5) is 38.8. The number of carbonyl (C=O) groups excluding carboxylic acids is 3. The van der Waals surface area contributed by atoms with Gasteiger partial charge < -0.3 is 15.5 Å². The largest absolute Gasteiger partial charge is 0.356 e. The minimum atomic E-state index is -0.255. The third-order valence-corrected chi connectivity index (χ3v) is 5.79. The van der Waals surface area contributed by atoms with Crippen molar-refractivity contribution in [3.63, 3.8) is 0 Å². The molecule has 1 saturated heterocycles. The lowest BCUT2D eigenvalue weighted by molar-refractivity contribution is -0.134. The lowest BCUT2D eigenvalue weighted by atomic mass is 9.97. The van der Waals surface area contributed by atoms with Crippen molar-refractivity contribution in [2.75, 3.05) is 26.2 Å². The van der Waals surface area contributed by atoms with E-state index in [0.29, 0.717) is 24.5 Å². The number of likely N-dealkylation sites (tertiary alicyclic amines) is 1. The zero-order valence-corrected chi connectivity index (χ0v) is 16.7. The topological polar surface area (TPSA) is 78.5 Å². The molecule has 1 atom stereocenters. The molecule has 1 aliphatic rings. The smallest absolute Gasteiger partial charge is 0.261 e. The van der Waals surface area contributed by atoms with E-state index >= 15 is 0 Å². The molecule has 138 valence electrons. The predicted octanol–water partition coefficient (Wildman–Crippen LogP) is 2.40. The lowest BCUT2D eigenvalue weighted by Crippen LogP contribution is -2.48. The highest BCUT2D eigenvalue weighted by molar-refractivity contribution is 9.11. The van der Waals surface area contributed by atoms with E-state index in [2.05, 4.69) is 33.5 Å². The molecular weight excluding hydrogens is 406 g/mol. The fourth-order valence-corrected chi connectivity index (χ4v) is 4.04. The number of nitrogens with zero attached hydrogens (tertiary/aromatic N) is 1. The number of piperidine rings is 1. The van der Waals surface area contributed by atoms with Crippen molar-refractivity contribution in [2.45, 2.75) is 32.6 Å². The second-order valence-electron chi connectivity index (χ2n) is 6.11. The SMILES string of the molecule is CCCCNC(=O)C1CCCN(C(=O)CNC(=O)c2ccc(Br)s2)C1. The van der Waals surface area contributed by atoms with Gasteiger partial charge in [0.25, 0.3) is 5.91 Å². The average molecular weight is 430 g/mol. The van der Waals surface area contributed by atoms with Crippen molar-refractivity contribution < 1.29 is 14.4 Å². The van der Waals surface area contributed by atoms with E-state index in [1.54, 1.807) is 17.0 Å². The summed E-state index contributed by atoms with van der Waals surface area (Å²) in [5.41, 5.74) is 0. The molecule has 0 spiro atoms. The Hall–Kier alpha value is -1.41. The summed E-state index contributed by atoms with van der Waals surface area (Å²) in [6, 6.07) is 3.51. The highest BCUT2D eigenvalue weighted by atomic mass is 79.9. The van der Waals surface area contributed by atoms with Gasteiger partial charge in [-0.05, 0) is 47.3 Å². The molecule has 8 heteroatoms. The number of amides is 3. The van der Waals surface area contributed by atoms with Gasteiger partial charge >= 0.3 is 0 Å². The summed E-state index contributed by atoms with van der Waals surface area (Å²) in [6.07, 6.45) is 3.61. The first-order valence-electron chi connectivity index (χ1n) is 8.60. The van der Waals surface area contributed by atoms with Gasteiger partial charge in [-0.2, -0.15) is 0 Å². The molecule has 0 aliphatic carbocycles. The van der Waals surface area contributed by atoms with Crippen LogP contribution in [0.15, 0.2) is 15.9 Å². The Morgan fingerprint density at radius 3 is 2.80 bits per heavy atom. The van der Waals surface area contributed by atoms with E-state index in [4.69, 9.17) is 0 Å². The van der Waals surface area contributed by atoms with Crippen LogP contribution in [0.25, 0.3) is 0 Å².